The second-order valence-corrected chi connectivity index (χ2v) is 6.50. The molecule has 22 heavy (non-hydrogen) atoms. The molecule has 0 radical (unpaired) electrons. The van der Waals surface area contributed by atoms with E-state index in [9.17, 15) is 4.79 Å². The molecule has 110 valence electrons. The zero-order chi connectivity index (χ0) is 14.9. The van der Waals surface area contributed by atoms with Crippen molar-refractivity contribution in [3.8, 4) is 0 Å². The number of hydrogen-bond donors (Lipinski definition) is 1. The average Bonchev–Trinajstić information content (AvgIpc) is 3.02. The van der Waals surface area contributed by atoms with Crippen LogP contribution in [0.2, 0.25) is 0 Å². The van der Waals surface area contributed by atoms with E-state index >= 15 is 0 Å². The minimum Gasteiger partial charge on any atom is -0.320 e. The van der Waals surface area contributed by atoms with Gasteiger partial charge in [0.25, 0.3) is 0 Å². The number of urea groups is 1. The summed E-state index contributed by atoms with van der Waals surface area (Å²) >= 11 is 1.79. The van der Waals surface area contributed by atoms with Crippen molar-refractivity contribution < 1.29 is 4.79 Å². The first-order valence-corrected chi connectivity index (χ1v) is 8.28. The van der Waals surface area contributed by atoms with E-state index in [0.29, 0.717) is 6.54 Å². The summed E-state index contributed by atoms with van der Waals surface area (Å²) in [6.07, 6.45) is 0.954. The Morgan fingerprint density at radius 3 is 2.91 bits per heavy atom. The number of rotatable bonds is 1. The molecule has 0 spiro atoms. The van der Waals surface area contributed by atoms with Gasteiger partial charge in [-0.2, -0.15) is 0 Å². The third-order valence-corrected chi connectivity index (χ3v) is 5.15. The minimum absolute atomic E-state index is 0.0202. The Kier molecular flexibility index (Phi) is 3.31. The van der Waals surface area contributed by atoms with Gasteiger partial charge < -0.3 is 10.2 Å². The lowest BCUT2D eigenvalue weighted by Crippen LogP contribution is -2.38. The summed E-state index contributed by atoms with van der Waals surface area (Å²) < 4.78 is 0. The second-order valence-electron chi connectivity index (χ2n) is 5.50. The van der Waals surface area contributed by atoms with Gasteiger partial charge in [0.15, 0.2) is 0 Å². The number of nitrogens with zero attached hydrogens (tertiary/aromatic N) is 1. The van der Waals surface area contributed by atoms with Crippen LogP contribution < -0.4 is 5.32 Å². The summed E-state index contributed by atoms with van der Waals surface area (Å²) in [4.78, 5) is 15.9. The van der Waals surface area contributed by atoms with Gasteiger partial charge in [-0.3, -0.25) is 0 Å². The molecule has 1 aliphatic rings. The predicted molar refractivity (Wildman–Crippen MR) is 91.4 cm³/mol. The molecule has 0 saturated heterocycles. The highest BCUT2D eigenvalue weighted by molar-refractivity contribution is 7.10. The molecular formula is C18H16N2OS. The number of benzene rings is 2. The number of hydrogen-bond acceptors (Lipinski definition) is 2. The fourth-order valence-electron chi connectivity index (χ4n) is 2.95. The molecule has 1 aromatic heterocycles. The van der Waals surface area contributed by atoms with Crippen molar-refractivity contribution in [2.45, 2.75) is 13.0 Å². The lowest BCUT2D eigenvalue weighted by atomic mass is 10.1. The lowest BCUT2D eigenvalue weighted by Gasteiger charge is -2.27. The first-order valence-electron chi connectivity index (χ1n) is 7.40. The molecule has 0 atom stereocenters. The summed E-state index contributed by atoms with van der Waals surface area (Å²) in [6.45, 7) is 1.49. The van der Waals surface area contributed by atoms with Gasteiger partial charge in [-0.15, -0.1) is 11.3 Å². The van der Waals surface area contributed by atoms with Crippen LogP contribution in [0.3, 0.4) is 0 Å². The van der Waals surface area contributed by atoms with Crippen LogP contribution in [0.15, 0.2) is 53.9 Å². The third kappa shape index (κ3) is 2.35. The van der Waals surface area contributed by atoms with Crippen molar-refractivity contribution in [1.82, 2.24) is 4.90 Å². The van der Waals surface area contributed by atoms with Crippen molar-refractivity contribution in [2.75, 3.05) is 11.9 Å². The Morgan fingerprint density at radius 1 is 1.09 bits per heavy atom. The standard InChI is InChI=1S/C18H16N2OS/c21-18(20-10-8-17-14(12-20)9-11-22-17)19-16-7-3-5-13-4-1-2-6-15(13)16/h1-7,9,11H,8,10,12H2,(H,19,21). The van der Waals surface area contributed by atoms with Crippen molar-refractivity contribution in [3.05, 3.63) is 64.4 Å². The SMILES string of the molecule is O=C(Nc1cccc2ccccc12)N1CCc2sccc2C1. The number of carbonyl (C=O) groups is 1. The monoisotopic (exact) mass is 308 g/mol. The van der Waals surface area contributed by atoms with E-state index in [1.54, 1.807) is 11.3 Å². The lowest BCUT2D eigenvalue weighted by molar-refractivity contribution is 0.207. The van der Waals surface area contributed by atoms with E-state index in [1.165, 1.54) is 10.4 Å². The molecule has 0 aliphatic carbocycles. The minimum atomic E-state index is -0.0202. The highest BCUT2D eigenvalue weighted by Gasteiger charge is 2.21. The Hall–Kier alpha value is -2.33. The second kappa shape index (κ2) is 5.46. The molecule has 4 rings (SSSR count). The van der Waals surface area contributed by atoms with Crippen LogP contribution >= 0.6 is 11.3 Å². The normalized spacial score (nSPS) is 13.9. The van der Waals surface area contributed by atoms with E-state index in [4.69, 9.17) is 0 Å². The van der Waals surface area contributed by atoms with Gasteiger partial charge in [-0.05, 0) is 34.9 Å². The molecule has 1 aliphatic heterocycles. The molecule has 3 nitrogen and oxygen atoms in total. The number of nitrogens with one attached hydrogen (secondary N) is 1. The molecule has 0 bridgehead atoms. The number of fused-ring (bicyclic) bond motifs is 2. The Morgan fingerprint density at radius 2 is 1.95 bits per heavy atom. The van der Waals surface area contributed by atoms with Gasteiger partial charge in [0, 0.05) is 23.4 Å². The van der Waals surface area contributed by atoms with Gasteiger partial charge in [0.1, 0.15) is 0 Å². The maximum Gasteiger partial charge on any atom is 0.322 e. The van der Waals surface area contributed by atoms with Crippen LogP contribution in [0.4, 0.5) is 10.5 Å². The van der Waals surface area contributed by atoms with Crippen LogP contribution in [0.5, 0.6) is 0 Å². The molecule has 2 heterocycles. The zero-order valence-electron chi connectivity index (χ0n) is 12.1. The van der Waals surface area contributed by atoms with E-state index in [0.717, 1.165) is 29.4 Å². The summed E-state index contributed by atoms with van der Waals surface area (Å²) in [6, 6.07) is 16.2. The Bertz CT molecular complexity index is 834. The predicted octanol–water partition coefficient (Wildman–Crippen LogP) is 4.49. The van der Waals surface area contributed by atoms with Gasteiger partial charge in [-0.1, -0.05) is 36.4 Å². The van der Waals surface area contributed by atoms with Crippen LogP contribution in [0.1, 0.15) is 10.4 Å². The number of anilines is 1. The van der Waals surface area contributed by atoms with Gasteiger partial charge >= 0.3 is 6.03 Å². The first-order chi connectivity index (χ1) is 10.8. The summed E-state index contributed by atoms with van der Waals surface area (Å²) in [5.41, 5.74) is 2.16. The molecule has 2 aromatic carbocycles. The number of carbonyl (C=O) groups excluding carboxylic acids is 1. The maximum absolute atomic E-state index is 12.6. The third-order valence-electron chi connectivity index (χ3n) is 4.13. The summed E-state index contributed by atoms with van der Waals surface area (Å²) in [5, 5.41) is 7.39. The Labute approximate surface area is 133 Å². The van der Waals surface area contributed by atoms with Gasteiger partial charge in [0.05, 0.1) is 5.69 Å². The molecule has 0 saturated carbocycles. The average molecular weight is 308 g/mol. The van der Waals surface area contributed by atoms with Crippen LogP contribution in [-0.2, 0) is 13.0 Å². The highest BCUT2D eigenvalue weighted by atomic mass is 32.1. The van der Waals surface area contributed by atoms with E-state index in [1.807, 2.05) is 35.2 Å². The topological polar surface area (TPSA) is 32.3 Å². The van der Waals surface area contributed by atoms with Crippen LogP contribution in [-0.4, -0.2) is 17.5 Å². The zero-order valence-corrected chi connectivity index (χ0v) is 12.9. The number of amides is 2. The fraction of sp³-hybridized carbons (Fsp3) is 0.167. The van der Waals surface area contributed by atoms with Crippen molar-refractivity contribution in [3.63, 3.8) is 0 Å². The smallest absolute Gasteiger partial charge is 0.320 e. The molecular weight excluding hydrogens is 292 g/mol. The maximum atomic E-state index is 12.6. The van der Waals surface area contributed by atoms with Gasteiger partial charge in [-0.25, -0.2) is 4.79 Å². The van der Waals surface area contributed by atoms with E-state index in [-0.39, 0.29) is 6.03 Å². The number of thiophene rings is 1. The van der Waals surface area contributed by atoms with Crippen molar-refractivity contribution >= 4 is 33.8 Å². The van der Waals surface area contributed by atoms with Crippen molar-refractivity contribution in [2.24, 2.45) is 0 Å². The first kappa shape index (κ1) is 13.3. The quantitative estimate of drug-likeness (QED) is 0.705. The van der Waals surface area contributed by atoms with E-state index < -0.39 is 0 Å². The molecule has 0 unspecified atom stereocenters. The van der Waals surface area contributed by atoms with Crippen LogP contribution in [0, 0.1) is 0 Å². The molecule has 2 amide bonds. The highest BCUT2D eigenvalue weighted by Crippen LogP contribution is 2.26. The molecule has 1 N–H and O–H groups in total. The Balaban J connectivity index is 1.57. The summed E-state index contributed by atoms with van der Waals surface area (Å²) in [7, 11) is 0. The fourth-order valence-corrected chi connectivity index (χ4v) is 3.84. The molecule has 0 fully saturated rings. The van der Waals surface area contributed by atoms with E-state index in [2.05, 4.69) is 28.9 Å². The molecule has 3 aromatic rings. The largest absolute Gasteiger partial charge is 0.322 e. The summed E-state index contributed by atoms with van der Waals surface area (Å²) in [5.74, 6) is 0. The van der Waals surface area contributed by atoms with Crippen molar-refractivity contribution in [1.29, 1.82) is 0 Å². The molecule has 4 heteroatoms. The van der Waals surface area contributed by atoms with Crippen LogP contribution in [0.25, 0.3) is 10.8 Å². The van der Waals surface area contributed by atoms with Gasteiger partial charge in [0.2, 0.25) is 0 Å².